The Kier molecular flexibility index (Phi) is 6.06. The maximum atomic E-state index is 14.2. The number of aliphatic hydroxyl groups is 1. The second-order valence-electron chi connectivity index (χ2n) is 6.66. The summed E-state index contributed by atoms with van der Waals surface area (Å²) in [6.07, 6.45) is -7.94. The molecule has 3 rings (SSSR count). The van der Waals surface area contributed by atoms with Gasteiger partial charge in [-0.1, -0.05) is 0 Å². The lowest BCUT2D eigenvalue weighted by molar-refractivity contribution is -0.201. The fourth-order valence-corrected chi connectivity index (χ4v) is 3.05. The topological polar surface area (TPSA) is 65.1 Å². The van der Waals surface area contributed by atoms with Gasteiger partial charge in [-0.2, -0.15) is 13.2 Å². The Labute approximate surface area is 166 Å². The number of aryl methyl sites for hydroxylation is 1. The number of rotatable bonds is 6. The molecule has 0 aliphatic carbocycles. The van der Waals surface area contributed by atoms with Gasteiger partial charge in [-0.25, -0.2) is 13.2 Å². The summed E-state index contributed by atoms with van der Waals surface area (Å²) in [6, 6.07) is 6.93. The van der Waals surface area contributed by atoms with Crippen LogP contribution in [0.5, 0.6) is 0 Å². The molecule has 1 heterocycles. The standard InChI is InChI=1S/C20H16F6N2O2/c21-11-3-1-10(2-4-11)18-13(14-7-12(22)8-15(23)19(14)28-18)5-6-17(30)27-9-16(29)20(24,25)26/h1-4,7-8,16,28-29H,5-6,9H2,(H,27,30)/t16-/m1/s1. The number of carbonyl (C=O) groups excluding carboxylic acids is 1. The fraction of sp³-hybridized carbons (Fsp3) is 0.250. The van der Waals surface area contributed by atoms with E-state index in [4.69, 9.17) is 5.11 Å². The molecule has 0 bridgehead atoms. The summed E-state index contributed by atoms with van der Waals surface area (Å²) in [5.74, 6) is -2.99. The molecule has 0 aliphatic heterocycles. The highest BCUT2D eigenvalue weighted by molar-refractivity contribution is 5.92. The van der Waals surface area contributed by atoms with Crippen molar-refractivity contribution in [2.75, 3.05) is 6.54 Å². The Hall–Kier alpha value is -3.01. The average Bonchev–Trinajstić information content (AvgIpc) is 3.03. The summed E-state index contributed by atoms with van der Waals surface area (Å²) in [5, 5.41) is 11.1. The second-order valence-corrected chi connectivity index (χ2v) is 6.66. The van der Waals surface area contributed by atoms with Crippen LogP contribution in [0.25, 0.3) is 22.2 Å². The van der Waals surface area contributed by atoms with E-state index in [1.807, 2.05) is 5.32 Å². The zero-order valence-corrected chi connectivity index (χ0v) is 15.3. The minimum absolute atomic E-state index is 0.0152. The number of carbonyl (C=O) groups is 1. The van der Waals surface area contributed by atoms with Crippen molar-refractivity contribution in [3.63, 3.8) is 0 Å². The quantitative estimate of drug-likeness (QED) is 0.513. The number of fused-ring (bicyclic) bond motifs is 1. The fourth-order valence-electron chi connectivity index (χ4n) is 3.05. The molecule has 0 unspecified atom stereocenters. The molecule has 3 N–H and O–H groups in total. The number of aliphatic hydroxyl groups excluding tert-OH is 1. The summed E-state index contributed by atoms with van der Waals surface area (Å²) in [5.41, 5.74) is 1.12. The predicted octanol–water partition coefficient (Wildman–Crippen LogP) is 4.22. The van der Waals surface area contributed by atoms with Crippen LogP contribution in [0.4, 0.5) is 26.3 Å². The second kappa shape index (κ2) is 8.39. The van der Waals surface area contributed by atoms with Crippen LogP contribution in [-0.2, 0) is 11.2 Å². The zero-order chi connectivity index (χ0) is 22.1. The highest BCUT2D eigenvalue weighted by Gasteiger charge is 2.38. The number of alkyl halides is 3. The first kappa shape index (κ1) is 21.7. The van der Waals surface area contributed by atoms with Crippen LogP contribution < -0.4 is 5.32 Å². The molecular weight excluding hydrogens is 414 g/mol. The van der Waals surface area contributed by atoms with Crippen LogP contribution in [0.1, 0.15) is 12.0 Å². The molecule has 4 nitrogen and oxygen atoms in total. The van der Waals surface area contributed by atoms with E-state index in [0.29, 0.717) is 22.9 Å². The van der Waals surface area contributed by atoms with Crippen molar-refractivity contribution < 1.29 is 36.2 Å². The molecule has 160 valence electrons. The van der Waals surface area contributed by atoms with Crippen molar-refractivity contribution in [3.05, 3.63) is 59.4 Å². The Morgan fingerprint density at radius 3 is 2.37 bits per heavy atom. The molecule has 0 spiro atoms. The van der Waals surface area contributed by atoms with Gasteiger partial charge in [-0.15, -0.1) is 0 Å². The molecule has 1 amide bonds. The number of halogens is 6. The first-order valence-corrected chi connectivity index (χ1v) is 8.83. The van der Waals surface area contributed by atoms with E-state index in [-0.39, 0.29) is 23.7 Å². The number of hydrogen-bond donors (Lipinski definition) is 3. The van der Waals surface area contributed by atoms with E-state index in [1.165, 1.54) is 24.3 Å². The molecule has 1 atom stereocenters. The Morgan fingerprint density at radius 2 is 1.73 bits per heavy atom. The van der Waals surface area contributed by atoms with Gasteiger partial charge in [-0.3, -0.25) is 4.79 Å². The zero-order valence-electron chi connectivity index (χ0n) is 15.3. The van der Waals surface area contributed by atoms with Gasteiger partial charge in [0.15, 0.2) is 6.10 Å². The highest BCUT2D eigenvalue weighted by atomic mass is 19.4. The first-order valence-electron chi connectivity index (χ1n) is 8.83. The molecule has 0 aliphatic rings. The van der Waals surface area contributed by atoms with Crippen molar-refractivity contribution in [2.24, 2.45) is 0 Å². The van der Waals surface area contributed by atoms with E-state index >= 15 is 0 Å². The van der Waals surface area contributed by atoms with Gasteiger partial charge in [0.05, 0.1) is 12.1 Å². The van der Waals surface area contributed by atoms with Gasteiger partial charge in [0.2, 0.25) is 5.91 Å². The van der Waals surface area contributed by atoms with Gasteiger partial charge in [0, 0.05) is 23.6 Å². The van der Waals surface area contributed by atoms with Crippen molar-refractivity contribution in [2.45, 2.75) is 25.1 Å². The number of hydrogen-bond acceptors (Lipinski definition) is 2. The molecule has 0 saturated carbocycles. The van der Waals surface area contributed by atoms with E-state index in [2.05, 4.69) is 4.98 Å². The number of aromatic amines is 1. The number of benzene rings is 2. The Balaban J connectivity index is 1.87. The van der Waals surface area contributed by atoms with Crippen molar-refractivity contribution in [3.8, 4) is 11.3 Å². The van der Waals surface area contributed by atoms with Gasteiger partial charge in [-0.05, 0) is 47.9 Å². The van der Waals surface area contributed by atoms with Crippen LogP contribution >= 0.6 is 0 Å². The maximum absolute atomic E-state index is 14.2. The summed E-state index contributed by atoms with van der Waals surface area (Å²) < 4.78 is 78.2. The molecular formula is C20H16F6N2O2. The number of nitrogens with one attached hydrogen (secondary N) is 2. The highest BCUT2D eigenvalue weighted by Crippen LogP contribution is 2.33. The lowest BCUT2D eigenvalue weighted by Crippen LogP contribution is -2.40. The number of amides is 1. The molecule has 2 aromatic carbocycles. The van der Waals surface area contributed by atoms with E-state index in [0.717, 1.165) is 6.07 Å². The SMILES string of the molecule is O=C(CCc1c(-c2ccc(F)cc2)[nH]c2c(F)cc(F)cc12)NC[C@@H](O)C(F)(F)F. The van der Waals surface area contributed by atoms with E-state index < -0.39 is 42.2 Å². The van der Waals surface area contributed by atoms with Gasteiger partial charge >= 0.3 is 6.18 Å². The van der Waals surface area contributed by atoms with Gasteiger partial charge in [0.1, 0.15) is 17.5 Å². The number of H-pyrrole nitrogens is 1. The lowest BCUT2D eigenvalue weighted by atomic mass is 10.0. The Morgan fingerprint density at radius 1 is 1.07 bits per heavy atom. The predicted molar refractivity (Wildman–Crippen MR) is 97.0 cm³/mol. The van der Waals surface area contributed by atoms with Crippen LogP contribution in [0.2, 0.25) is 0 Å². The molecule has 3 aromatic rings. The minimum Gasteiger partial charge on any atom is -0.382 e. The molecule has 1 aromatic heterocycles. The van der Waals surface area contributed by atoms with Gasteiger partial charge in [0.25, 0.3) is 0 Å². The Bertz CT molecular complexity index is 1060. The third-order valence-corrected chi connectivity index (χ3v) is 4.54. The minimum atomic E-state index is -4.87. The maximum Gasteiger partial charge on any atom is 0.416 e. The average molecular weight is 430 g/mol. The monoisotopic (exact) mass is 430 g/mol. The summed E-state index contributed by atoms with van der Waals surface area (Å²) in [6.45, 7) is -1.01. The van der Waals surface area contributed by atoms with E-state index in [1.54, 1.807) is 0 Å². The van der Waals surface area contributed by atoms with Gasteiger partial charge < -0.3 is 15.4 Å². The smallest absolute Gasteiger partial charge is 0.382 e. The molecule has 30 heavy (non-hydrogen) atoms. The summed E-state index contributed by atoms with van der Waals surface area (Å²) >= 11 is 0. The van der Waals surface area contributed by atoms with Crippen molar-refractivity contribution in [1.29, 1.82) is 0 Å². The van der Waals surface area contributed by atoms with Crippen LogP contribution in [-0.4, -0.2) is 34.8 Å². The summed E-state index contributed by atoms with van der Waals surface area (Å²) in [4.78, 5) is 14.7. The molecule has 10 heteroatoms. The van der Waals surface area contributed by atoms with Crippen LogP contribution in [0, 0.1) is 17.5 Å². The molecule has 0 radical (unpaired) electrons. The molecule has 0 fully saturated rings. The first-order chi connectivity index (χ1) is 14.1. The number of aromatic nitrogens is 1. The largest absolute Gasteiger partial charge is 0.416 e. The van der Waals surface area contributed by atoms with Crippen LogP contribution in [0.3, 0.4) is 0 Å². The lowest BCUT2D eigenvalue weighted by Gasteiger charge is -2.15. The normalized spacial score (nSPS) is 12.9. The van der Waals surface area contributed by atoms with E-state index in [9.17, 15) is 31.1 Å². The summed E-state index contributed by atoms with van der Waals surface area (Å²) in [7, 11) is 0. The van der Waals surface area contributed by atoms with Crippen molar-refractivity contribution in [1.82, 2.24) is 10.3 Å². The molecule has 0 saturated heterocycles. The third-order valence-electron chi connectivity index (χ3n) is 4.54. The van der Waals surface area contributed by atoms with Crippen LogP contribution in [0.15, 0.2) is 36.4 Å². The third kappa shape index (κ3) is 4.76. The van der Waals surface area contributed by atoms with Crippen molar-refractivity contribution >= 4 is 16.8 Å².